The van der Waals surface area contributed by atoms with Crippen LogP contribution in [0.5, 0.6) is 0 Å². The Hall–Kier alpha value is -1.40. The van der Waals surface area contributed by atoms with E-state index in [0.29, 0.717) is 24.4 Å². The van der Waals surface area contributed by atoms with Crippen molar-refractivity contribution in [2.45, 2.75) is 37.7 Å². The molecule has 118 valence electrons. The molecule has 0 bridgehead atoms. The summed E-state index contributed by atoms with van der Waals surface area (Å²) in [5, 5.41) is 14.0. The SMILES string of the molecule is CC(C)(C)S(=O)Cc1cccc(NC(=O)NCCCO)c1. The molecule has 0 saturated heterocycles. The predicted molar refractivity (Wildman–Crippen MR) is 86.8 cm³/mol. The van der Waals surface area contributed by atoms with Crippen molar-refractivity contribution in [3.05, 3.63) is 29.8 Å². The number of carbonyl (C=O) groups is 1. The van der Waals surface area contributed by atoms with E-state index in [1.807, 2.05) is 39.0 Å². The van der Waals surface area contributed by atoms with Gasteiger partial charge in [-0.25, -0.2) is 4.79 Å². The van der Waals surface area contributed by atoms with Crippen LogP contribution >= 0.6 is 0 Å². The average Bonchev–Trinajstić information content (AvgIpc) is 2.38. The van der Waals surface area contributed by atoms with Crippen molar-refractivity contribution < 1.29 is 14.1 Å². The van der Waals surface area contributed by atoms with Gasteiger partial charge in [-0.05, 0) is 44.9 Å². The molecule has 0 spiro atoms. The molecule has 21 heavy (non-hydrogen) atoms. The van der Waals surface area contributed by atoms with Gasteiger partial charge in [-0.2, -0.15) is 0 Å². The molecular weight excluding hydrogens is 288 g/mol. The number of urea groups is 1. The zero-order valence-electron chi connectivity index (χ0n) is 12.8. The van der Waals surface area contributed by atoms with E-state index in [1.54, 1.807) is 6.07 Å². The van der Waals surface area contributed by atoms with Crippen molar-refractivity contribution in [2.24, 2.45) is 0 Å². The molecule has 1 rings (SSSR count). The molecule has 0 heterocycles. The largest absolute Gasteiger partial charge is 0.396 e. The predicted octanol–water partition coefficient (Wildman–Crippen LogP) is 2.24. The molecule has 6 heteroatoms. The summed E-state index contributed by atoms with van der Waals surface area (Å²) in [6, 6.07) is 7.04. The summed E-state index contributed by atoms with van der Waals surface area (Å²) in [5.74, 6) is 0.463. The molecule has 0 aliphatic carbocycles. The number of anilines is 1. The second-order valence-electron chi connectivity index (χ2n) is 5.76. The molecule has 1 aromatic rings. The zero-order chi connectivity index (χ0) is 15.9. The van der Waals surface area contributed by atoms with E-state index in [4.69, 9.17) is 5.11 Å². The number of amides is 2. The van der Waals surface area contributed by atoms with Crippen LogP contribution in [0, 0.1) is 0 Å². The van der Waals surface area contributed by atoms with Crippen LogP contribution in [0.4, 0.5) is 10.5 Å². The van der Waals surface area contributed by atoms with E-state index in [2.05, 4.69) is 10.6 Å². The minimum Gasteiger partial charge on any atom is -0.396 e. The lowest BCUT2D eigenvalue weighted by molar-refractivity contribution is 0.249. The summed E-state index contributed by atoms with van der Waals surface area (Å²) in [6.07, 6.45) is 0.526. The van der Waals surface area contributed by atoms with Crippen molar-refractivity contribution in [3.8, 4) is 0 Å². The third-order valence-electron chi connectivity index (χ3n) is 2.79. The van der Waals surface area contributed by atoms with Crippen molar-refractivity contribution in [3.63, 3.8) is 0 Å². The van der Waals surface area contributed by atoms with Gasteiger partial charge in [0.1, 0.15) is 0 Å². The first-order valence-electron chi connectivity index (χ1n) is 6.96. The fourth-order valence-electron chi connectivity index (χ4n) is 1.56. The lowest BCUT2D eigenvalue weighted by Crippen LogP contribution is -2.30. The summed E-state index contributed by atoms with van der Waals surface area (Å²) in [7, 11) is -0.971. The summed E-state index contributed by atoms with van der Waals surface area (Å²) < 4.78 is 11.9. The van der Waals surface area contributed by atoms with Gasteiger partial charge in [0.25, 0.3) is 0 Å². The van der Waals surface area contributed by atoms with E-state index in [9.17, 15) is 9.00 Å². The molecule has 0 aliphatic rings. The number of aliphatic hydroxyl groups is 1. The van der Waals surface area contributed by atoms with Gasteiger partial charge in [0.15, 0.2) is 0 Å². The van der Waals surface area contributed by atoms with E-state index >= 15 is 0 Å². The molecule has 0 fully saturated rings. The minimum atomic E-state index is -0.971. The Morgan fingerprint density at radius 2 is 2.05 bits per heavy atom. The van der Waals surface area contributed by atoms with Crippen LogP contribution in [0.25, 0.3) is 0 Å². The highest BCUT2D eigenvalue weighted by Gasteiger charge is 2.19. The van der Waals surface area contributed by atoms with E-state index < -0.39 is 10.8 Å². The van der Waals surface area contributed by atoms with Crippen molar-refractivity contribution >= 4 is 22.5 Å². The number of hydrogen-bond acceptors (Lipinski definition) is 3. The molecular formula is C15H24N2O3S. The summed E-state index contributed by atoms with van der Waals surface area (Å²) in [5.41, 5.74) is 1.59. The lowest BCUT2D eigenvalue weighted by atomic mass is 10.2. The van der Waals surface area contributed by atoms with Crippen molar-refractivity contribution in [1.29, 1.82) is 0 Å². The Balaban J connectivity index is 2.60. The first kappa shape index (κ1) is 17.7. The third-order valence-corrected chi connectivity index (χ3v) is 4.75. The Morgan fingerprint density at radius 3 is 2.67 bits per heavy atom. The first-order valence-corrected chi connectivity index (χ1v) is 8.28. The Morgan fingerprint density at radius 1 is 1.33 bits per heavy atom. The summed E-state index contributed by atoms with van der Waals surface area (Å²) in [4.78, 5) is 11.6. The van der Waals surface area contributed by atoms with Gasteiger partial charge in [0.05, 0.1) is 0 Å². The van der Waals surface area contributed by atoms with Crippen LogP contribution in [0.2, 0.25) is 0 Å². The van der Waals surface area contributed by atoms with Gasteiger partial charge in [0, 0.05) is 40.1 Å². The smallest absolute Gasteiger partial charge is 0.319 e. The van der Waals surface area contributed by atoms with Gasteiger partial charge in [-0.1, -0.05) is 12.1 Å². The minimum absolute atomic E-state index is 0.0500. The molecule has 1 aromatic carbocycles. The number of hydrogen-bond donors (Lipinski definition) is 3. The normalized spacial score (nSPS) is 12.8. The number of aliphatic hydroxyl groups excluding tert-OH is 1. The molecule has 3 N–H and O–H groups in total. The number of rotatable bonds is 6. The van der Waals surface area contributed by atoms with Gasteiger partial charge in [0.2, 0.25) is 0 Å². The lowest BCUT2D eigenvalue weighted by Gasteiger charge is -2.18. The van der Waals surface area contributed by atoms with Crippen LogP contribution < -0.4 is 10.6 Å². The Labute approximate surface area is 128 Å². The summed E-state index contributed by atoms with van der Waals surface area (Å²) in [6.45, 7) is 6.31. The maximum atomic E-state index is 12.1. The fraction of sp³-hybridized carbons (Fsp3) is 0.533. The number of benzene rings is 1. The Bertz CT molecular complexity index is 498. The molecule has 0 saturated carbocycles. The maximum Gasteiger partial charge on any atom is 0.319 e. The van der Waals surface area contributed by atoms with E-state index in [1.165, 1.54) is 0 Å². The standard InChI is InChI=1S/C15H24N2O3S/c1-15(2,3)21(20)11-12-6-4-7-13(10-12)17-14(19)16-8-5-9-18/h4,6-7,10,18H,5,8-9,11H2,1-3H3,(H2,16,17,19). The van der Waals surface area contributed by atoms with E-state index in [-0.39, 0.29) is 17.4 Å². The van der Waals surface area contributed by atoms with Gasteiger partial charge in [-0.3, -0.25) is 4.21 Å². The molecule has 0 radical (unpaired) electrons. The summed E-state index contributed by atoms with van der Waals surface area (Å²) >= 11 is 0. The third kappa shape index (κ3) is 6.73. The van der Waals surface area contributed by atoms with Crippen molar-refractivity contribution in [2.75, 3.05) is 18.5 Å². The maximum absolute atomic E-state index is 12.1. The van der Waals surface area contributed by atoms with Crippen LogP contribution in [0.3, 0.4) is 0 Å². The van der Waals surface area contributed by atoms with Gasteiger partial charge >= 0.3 is 6.03 Å². The number of nitrogens with one attached hydrogen (secondary N) is 2. The zero-order valence-corrected chi connectivity index (χ0v) is 13.6. The van der Waals surface area contributed by atoms with Crippen LogP contribution in [0.15, 0.2) is 24.3 Å². The molecule has 1 unspecified atom stereocenters. The van der Waals surface area contributed by atoms with Crippen molar-refractivity contribution in [1.82, 2.24) is 5.32 Å². The quantitative estimate of drug-likeness (QED) is 0.705. The average molecular weight is 312 g/mol. The molecule has 5 nitrogen and oxygen atoms in total. The number of carbonyl (C=O) groups excluding carboxylic acids is 1. The van der Waals surface area contributed by atoms with Crippen LogP contribution in [-0.2, 0) is 16.6 Å². The molecule has 0 aromatic heterocycles. The van der Waals surface area contributed by atoms with Crippen LogP contribution in [0.1, 0.15) is 32.8 Å². The highest BCUT2D eigenvalue weighted by atomic mass is 32.2. The first-order chi connectivity index (χ1) is 9.82. The Kier molecular flexibility index (Phi) is 6.84. The van der Waals surface area contributed by atoms with Crippen LogP contribution in [-0.4, -0.2) is 33.2 Å². The molecule has 1 atom stereocenters. The topological polar surface area (TPSA) is 78.4 Å². The highest BCUT2D eigenvalue weighted by Crippen LogP contribution is 2.18. The van der Waals surface area contributed by atoms with Gasteiger partial charge in [-0.15, -0.1) is 0 Å². The second kappa shape index (κ2) is 8.14. The highest BCUT2D eigenvalue weighted by molar-refractivity contribution is 7.85. The molecule has 0 aliphatic heterocycles. The van der Waals surface area contributed by atoms with E-state index in [0.717, 1.165) is 5.56 Å². The monoisotopic (exact) mass is 312 g/mol. The second-order valence-corrected chi connectivity index (χ2v) is 7.97. The van der Waals surface area contributed by atoms with Gasteiger partial charge < -0.3 is 15.7 Å². The molecule has 2 amide bonds. The fourth-order valence-corrected chi connectivity index (χ4v) is 2.48.